The van der Waals surface area contributed by atoms with Crippen LogP contribution in [-0.2, 0) is 13.0 Å². The van der Waals surface area contributed by atoms with Crippen LogP contribution in [-0.4, -0.2) is 21.1 Å². The van der Waals surface area contributed by atoms with Crippen LogP contribution < -0.4 is 5.32 Å². The minimum Gasteiger partial charge on any atom is -0.345 e. The van der Waals surface area contributed by atoms with E-state index in [0.717, 1.165) is 16.5 Å². The van der Waals surface area contributed by atoms with E-state index in [0.29, 0.717) is 12.4 Å². The number of hydrogen-bond acceptors (Lipinski definition) is 3. The Morgan fingerprint density at radius 3 is 2.72 bits per heavy atom. The smallest absolute Gasteiger partial charge is 0.291 e. The van der Waals surface area contributed by atoms with Gasteiger partial charge in [0.2, 0.25) is 5.82 Å². The summed E-state index contributed by atoms with van der Waals surface area (Å²) < 4.78 is 1.01. The quantitative estimate of drug-likeness (QED) is 0.908. The molecule has 0 unspecified atom stereocenters. The van der Waals surface area contributed by atoms with Crippen molar-refractivity contribution in [3.63, 3.8) is 0 Å². The Morgan fingerprint density at radius 1 is 1.39 bits per heavy atom. The molecule has 1 amide bonds. The number of rotatable bonds is 4. The first kappa shape index (κ1) is 12.8. The van der Waals surface area contributed by atoms with E-state index < -0.39 is 0 Å². The second-order valence-electron chi connectivity index (χ2n) is 3.77. The van der Waals surface area contributed by atoms with Crippen LogP contribution in [0.5, 0.6) is 0 Å². The van der Waals surface area contributed by atoms with Gasteiger partial charge in [-0.25, -0.2) is 4.98 Å². The number of amides is 1. The van der Waals surface area contributed by atoms with Gasteiger partial charge in [0.25, 0.3) is 5.91 Å². The Balaban J connectivity index is 1.93. The summed E-state index contributed by atoms with van der Waals surface area (Å²) in [5.41, 5.74) is 1.03. The van der Waals surface area contributed by atoms with Crippen molar-refractivity contribution in [3.8, 4) is 0 Å². The SMILES string of the molecule is CCc1nc(C(=O)NCc2ccc(Br)cc2)n[nH]1. The number of aromatic nitrogens is 3. The Kier molecular flexibility index (Phi) is 4.09. The fourth-order valence-electron chi connectivity index (χ4n) is 1.42. The summed E-state index contributed by atoms with van der Waals surface area (Å²) in [6.07, 6.45) is 0.729. The number of aromatic amines is 1. The summed E-state index contributed by atoms with van der Waals surface area (Å²) in [4.78, 5) is 15.8. The molecule has 0 spiro atoms. The minimum atomic E-state index is -0.270. The van der Waals surface area contributed by atoms with Crippen molar-refractivity contribution < 1.29 is 4.79 Å². The lowest BCUT2D eigenvalue weighted by Crippen LogP contribution is -2.24. The molecule has 1 aromatic carbocycles. The highest BCUT2D eigenvalue weighted by atomic mass is 79.9. The highest BCUT2D eigenvalue weighted by Gasteiger charge is 2.11. The Bertz CT molecular complexity index is 535. The van der Waals surface area contributed by atoms with Gasteiger partial charge >= 0.3 is 0 Å². The maximum Gasteiger partial charge on any atom is 0.291 e. The van der Waals surface area contributed by atoms with Crippen LogP contribution in [0.15, 0.2) is 28.7 Å². The van der Waals surface area contributed by atoms with Crippen LogP contribution in [0.1, 0.15) is 28.9 Å². The highest BCUT2D eigenvalue weighted by Crippen LogP contribution is 2.10. The van der Waals surface area contributed by atoms with Gasteiger partial charge in [-0.3, -0.25) is 9.89 Å². The molecule has 6 heteroatoms. The average Bonchev–Trinajstić information content (AvgIpc) is 2.86. The third-order valence-corrected chi connectivity index (χ3v) is 2.96. The zero-order chi connectivity index (χ0) is 13.0. The summed E-state index contributed by atoms with van der Waals surface area (Å²) in [5, 5.41) is 9.34. The topological polar surface area (TPSA) is 70.7 Å². The lowest BCUT2D eigenvalue weighted by atomic mass is 10.2. The molecule has 2 aromatic rings. The molecule has 2 rings (SSSR count). The molecule has 0 saturated carbocycles. The van der Waals surface area contributed by atoms with Crippen LogP contribution >= 0.6 is 15.9 Å². The zero-order valence-corrected chi connectivity index (χ0v) is 11.5. The van der Waals surface area contributed by atoms with Gasteiger partial charge in [-0.1, -0.05) is 35.0 Å². The first-order chi connectivity index (χ1) is 8.69. The number of H-pyrrole nitrogens is 1. The minimum absolute atomic E-state index is 0.184. The standard InChI is InChI=1S/C12H13BrN4O/c1-2-10-15-11(17-16-10)12(18)14-7-8-3-5-9(13)6-4-8/h3-6H,2,7H2,1H3,(H,14,18)(H,15,16,17). The van der Waals surface area contributed by atoms with E-state index in [-0.39, 0.29) is 11.7 Å². The van der Waals surface area contributed by atoms with Crippen LogP contribution in [0, 0.1) is 0 Å². The van der Waals surface area contributed by atoms with E-state index in [1.807, 2.05) is 31.2 Å². The maximum atomic E-state index is 11.7. The van der Waals surface area contributed by atoms with E-state index in [9.17, 15) is 4.79 Å². The van der Waals surface area contributed by atoms with Gasteiger partial charge in [0.05, 0.1) is 0 Å². The first-order valence-electron chi connectivity index (χ1n) is 5.63. The molecule has 0 aliphatic heterocycles. The molecule has 0 radical (unpaired) electrons. The molecule has 0 saturated heterocycles. The molecule has 94 valence electrons. The second-order valence-corrected chi connectivity index (χ2v) is 4.68. The zero-order valence-electron chi connectivity index (χ0n) is 9.90. The predicted octanol–water partition coefficient (Wildman–Crippen LogP) is 2.06. The van der Waals surface area contributed by atoms with E-state index in [2.05, 4.69) is 36.4 Å². The van der Waals surface area contributed by atoms with Gasteiger partial charge in [0, 0.05) is 17.4 Å². The van der Waals surface area contributed by atoms with Crippen LogP contribution in [0.3, 0.4) is 0 Å². The van der Waals surface area contributed by atoms with Crippen molar-refractivity contribution in [3.05, 3.63) is 46.0 Å². The fraction of sp³-hybridized carbons (Fsp3) is 0.250. The molecule has 1 aromatic heterocycles. The number of carbonyl (C=O) groups is 1. The third-order valence-electron chi connectivity index (χ3n) is 2.44. The van der Waals surface area contributed by atoms with Crippen LogP contribution in [0.2, 0.25) is 0 Å². The van der Waals surface area contributed by atoms with Crippen molar-refractivity contribution in [1.29, 1.82) is 0 Å². The van der Waals surface area contributed by atoms with Gasteiger partial charge < -0.3 is 5.32 Å². The second kappa shape index (κ2) is 5.77. The van der Waals surface area contributed by atoms with E-state index >= 15 is 0 Å². The normalized spacial score (nSPS) is 10.3. The molecule has 0 atom stereocenters. The van der Waals surface area contributed by atoms with Gasteiger partial charge in [-0.05, 0) is 17.7 Å². The molecular formula is C12H13BrN4O. The van der Waals surface area contributed by atoms with Gasteiger partial charge in [-0.15, -0.1) is 5.10 Å². The molecule has 18 heavy (non-hydrogen) atoms. The Labute approximate surface area is 113 Å². The molecule has 1 heterocycles. The van der Waals surface area contributed by atoms with Gasteiger partial charge in [-0.2, -0.15) is 0 Å². The van der Waals surface area contributed by atoms with E-state index in [4.69, 9.17) is 0 Å². The maximum absolute atomic E-state index is 11.7. The average molecular weight is 309 g/mol. The van der Waals surface area contributed by atoms with Crippen LogP contribution in [0.25, 0.3) is 0 Å². The number of hydrogen-bond donors (Lipinski definition) is 2. The predicted molar refractivity (Wildman–Crippen MR) is 71.1 cm³/mol. The number of nitrogens with zero attached hydrogens (tertiary/aromatic N) is 2. The van der Waals surface area contributed by atoms with E-state index in [1.54, 1.807) is 0 Å². The number of carbonyl (C=O) groups excluding carboxylic acids is 1. The molecule has 0 fully saturated rings. The molecule has 0 bridgehead atoms. The molecule has 0 aliphatic rings. The third kappa shape index (κ3) is 3.16. The number of halogens is 1. The summed E-state index contributed by atoms with van der Waals surface area (Å²) in [6, 6.07) is 7.76. The summed E-state index contributed by atoms with van der Waals surface area (Å²) in [7, 11) is 0. The molecule has 5 nitrogen and oxygen atoms in total. The van der Waals surface area contributed by atoms with Crippen molar-refractivity contribution in [2.75, 3.05) is 0 Å². The monoisotopic (exact) mass is 308 g/mol. The Hall–Kier alpha value is -1.69. The van der Waals surface area contributed by atoms with Crippen molar-refractivity contribution in [1.82, 2.24) is 20.5 Å². The molecule has 0 aliphatic carbocycles. The number of nitrogens with one attached hydrogen (secondary N) is 2. The summed E-state index contributed by atoms with van der Waals surface area (Å²) >= 11 is 3.36. The Morgan fingerprint density at radius 2 is 2.11 bits per heavy atom. The summed E-state index contributed by atoms with van der Waals surface area (Å²) in [6.45, 7) is 2.41. The molecular weight excluding hydrogens is 296 g/mol. The largest absolute Gasteiger partial charge is 0.345 e. The fourth-order valence-corrected chi connectivity index (χ4v) is 1.68. The van der Waals surface area contributed by atoms with Gasteiger partial charge in [0.15, 0.2) is 0 Å². The van der Waals surface area contributed by atoms with Crippen molar-refractivity contribution in [2.45, 2.75) is 19.9 Å². The lowest BCUT2D eigenvalue weighted by Gasteiger charge is -2.02. The first-order valence-corrected chi connectivity index (χ1v) is 6.42. The molecule has 2 N–H and O–H groups in total. The lowest BCUT2D eigenvalue weighted by molar-refractivity contribution is 0.0941. The number of benzene rings is 1. The van der Waals surface area contributed by atoms with E-state index in [1.165, 1.54) is 0 Å². The highest BCUT2D eigenvalue weighted by molar-refractivity contribution is 9.10. The summed E-state index contributed by atoms with van der Waals surface area (Å²) in [5.74, 6) is 0.627. The van der Waals surface area contributed by atoms with Crippen molar-refractivity contribution in [2.24, 2.45) is 0 Å². The number of aryl methyl sites for hydroxylation is 1. The van der Waals surface area contributed by atoms with Gasteiger partial charge in [0.1, 0.15) is 5.82 Å². The van der Waals surface area contributed by atoms with Crippen LogP contribution in [0.4, 0.5) is 0 Å². The van der Waals surface area contributed by atoms with Crippen molar-refractivity contribution >= 4 is 21.8 Å².